The van der Waals surface area contributed by atoms with Gasteiger partial charge >= 0.3 is 0 Å². The van der Waals surface area contributed by atoms with E-state index < -0.39 is 0 Å². The third-order valence-electron chi connectivity index (χ3n) is 9.56. The van der Waals surface area contributed by atoms with Crippen LogP contribution in [-0.4, -0.2) is 24.5 Å². The zero-order valence-corrected chi connectivity index (χ0v) is 26.3. The summed E-state index contributed by atoms with van der Waals surface area (Å²) in [4.78, 5) is 19.1. The van der Waals surface area contributed by atoms with Gasteiger partial charge in [-0.25, -0.2) is 9.97 Å². The molecule has 3 heterocycles. The molecule has 3 aromatic heterocycles. The van der Waals surface area contributed by atoms with E-state index in [-0.39, 0.29) is 0 Å². The fourth-order valence-electron chi connectivity index (χ4n) is 7.29. The Bertz CT molecular complexity index is 2870. The van der Waals surface area contributed by atoms with Crippen molar-refractivity contribution in [2.75, 3.05) is 0 Å². The smallest absolute Gasteiger partial charge is 0.159 e. The number of para-hydroxylation sites is 1. The van der Waals surface area contributed by atoms with E-state index in [2.05, 4.69) is 126 Å². The summed E-state index contributed by atoms with van der Waals surface area (Å²) in [6.07, 6.45) is 7.36. The van der Waals surface area contributed by atoms with Gasteiger partial charge in [0, 0.05) is 63.1 Å². The standard InChI is InChI=1S/C44H27N5/c1-2-10-28(11-3-1)32-26-47-44(48-27-32)31-14-8-12-29(22-31)30-13-9-15-33(23-30)49-40-19-7-6-17-35(40)38-24-37-34-16-4-5-18-36(34)42-43(46-21-20-45-42)39(37)25-41(38)49/h1-27H. The van der Waals surface area contributed by atoms with Crippen molar-refractivity contribution < 1.29 is 0 Å². The third kappa shape index (κ3) is 4.40. The summed E-state index contributed by atoms with van der Waals surface area (Å²) in [6.45, 7) is 0. The fourth-order valence-corrected chi connectivity index (χ4v) is 7.29. The Morgan fingerprint density at radius 1 is 0.347 bits per heavy atom. The van der Waals surface area contributed by atoms with Gasteiger partial charge < -0.3 is 4.57 Å². The van der Waals surface area contributed by atoms with Crippen molar-refractivity contribution in [2.24, 2.45) is 0 Å². The topological polar surface area (TPSA) is 56.5 Å². The number of benzene rings is 7. The van der Waals surface area contributed by atoms with Gasteiger partial charge in [0.05, 0.1) is 22.1 Å². The SMILES string of the molecule is c1ccc(-c2cnc(-c3cccc(-c4cccc(-n5c6ccccc6c6cc7c8ccccc8c8nccnc8c7cc65)c4)c3)nc2)cc1. The van der Waals surface area contributed by atoms with E-state index >= 15 is 0 Å². The Hall–Kier alpha value is -6.72. The van der Waals surface area contributed by atoms with Gasteiger partial charge in [-0.3, -0.25) is 9.97 Å². The summed E-state index contributed by atoms with van der Waals surface area (Å²) in [5.41, 5.74) is 10.5. The average molecular weight is 626 g/mol. The van der Waals surface area contributed by atoms with Gasteiger partial charge in [-0.05, 0) is 63.9 Å². The highest BCUT2D eigenvalue weighted by atomic mass is 15.0. The van der Waals surface area contributed by atoms with Crippen LogP contribution in [0.15, 0.2) is 164 Å². The molecule has 0 atom stereocenters. The van der Waals surface area contributed by atoms with Gasteiger partial charge in [0.15, 0.2) is 5.82 Å². The van der Waals surface area contributed by atoms with Gasteiger partial charge in [-0.1, -0.05) is 103 Å². The number of hydrogen-bond donors (Lipinski definition) is 0. The number of fused-ring (bicyclic) bond motifs is 9. The molecule has 5 heteroatoms. The monoisotopic (exact) mass is 625 g/mol. The van der Waals surface area contributed by atoms with Gasteiger partial charge in [-0.2, -0.15) is 0 Å². The molecule has 0 aliphatic heterocycles. The predicted octanol–water partition coefficient (Wildman–Crippen LogP) is 10.8. The van der Waals surface area contributed by atoms with E-state index in [4.69, 9.17) is 19.9 Å². The van der Waals surface area contributed by atoms with E-state index in [1.165, 1.54) is 21.5 Å². The van der Waals surface area contributed by atoms with Crippen LogP contribution in [0.2, 0.25) is 0 Å². The summed E-state index contributed by atoms with van der Waals surface area (Å²) < 4.78 is 2.38. The molecule has 0 unspecified atom stereocenters. The molecule has 228 valence electrons. The molecule has 49 heavy (non-hydrogen) atoms. The Balaban J connectivity index is 1.13. The van der Waals surface area contributed by atoms with Crippen LogP contribution in [-0.2, 0) is 0 Å². The second kappa shape index (κ2) is 10.9. The van der Waals surface area contributed by atoms with Crippen LogP contribution >= 0.6 is 0 Å². The highest BCUT2D eigenvalue weighted by Gasteiger charge is 2.17. The second-order valence-electron chi connectivity index (χ2n) is 12.4. The first-order valence-corrected chi connectivity index (χ1v) is 16.4. The maximum Gasteiger partial charge on any atom is 0.159 e. The van der Waals surface area contributed by atoms with Crippen molar-refractivity contribution in [1.29, 1.82) is 0 Å². The van der Waals surface area contributed by atoms with Crippen LogP contribution in [0.1, 0.15) is 0 Å². The maximum atomic E-state index is 4.85. The molecule has 0 aliphatic carbocycles. The van der Waals surface area contributed by atoms with Crippen LogP contribution in [0.3, 0.4) is 0 Å². The predicted molar refractivity (Wildman–Crippen MR) is 201 cm³/mol. The van der Waals surface area contributed by atoms with Crippen LogP contribution in [0, 0.1) is 0 Å². The summed E-state index contributed by atoms with van der Waals surface area (Å²) in [7, 11) is 0. The lowest BCUT2D eigenvalue weighted by molar-refractivity contribution is 1.18. The summed E-state index contributed by atoms with van der Waals surface area (Å²) in [5.74, 6) is 0.704. The van der Waals surface area contributed by atoms with E-state index in [9.17, 15) is 0 Å². The molecule has 0 fully saturated rings. The normalized spacial score (nSPS) is 11.7. The van der Waals surface area contributed by atoms with E-state index in [0.29, 0.717) is 5.82 Å². The summed E-state index contributed by atoms with van der Waals surface area (Å²) in [6, 6.07) is 49.3. The Kier molecular flexibility index (Phi) is 6.11. The van der Waals surface area contributed by atoms with Crippen molar-refractivity contribution in [3.8, 4) is 39.3 Å². The first-order chi connectivity index (χ1) is 24.3. The quantitative estimate of drug-likeness (QED) is 0.183. The molecule has 5 nitrogen and oxygen atoms in total. The number of nitrogens with zero attached hydrogens (tertiary/aromatic N) is 5. The largest absolute Gasteiger partial charge is 0.309 e. The maximum absolute atomic E-state index is 4.85. The number of hydrogen-bond acceptors (Lipinski definition) is 4. The molecule has 0 saturated carbocycles. The van der Waals surface area contributed by atoms with Crippen molar-refractivity contribution in [1.82, 2.24) is 24.5 Å². The Labute approximate surface area is 281 Å². The molecular formula is C44H27N5. The molecule has 7 aromatic carbocycles. The molecule has 10 rings (SSSR count). The minimum absolute atomic E-state index is 0.704. The lowest BCUT2D eigenvalue weighted by atomic mass is 9.97. The van der Waals surface area contributed by atoms with E-state index in [0.717, 1.165) is 66.3 Å². The van der Waals surface area contributed by atoms with Gasteiger partial charge in [0.1, 0.15) is 0 Å². The minimum atomic E-state index is 0.704. The average Bonchev–Trinajstić information content (AvgIpc) is 3.51. The lowest BCUT2D eigenvalue weighted by Gasteiger charge is -2.13. The van der Waals surface area contributed by atoms with Crippen molar-refractivity contribution in [3.05, 3.63) is 164 Å². The highest BCUT2D eigenvalue weighted by molar-refractivity contribution is 6.27. The molecule has 0 spiro atoms. The molecule has 0 amide bonds. The van der Waals surface area contributed by atoms with Crippen molar-refractivity contribution >= 4 is 54.4 Å². The van der Waals surface area contributed by atoms with Crippen molar-refractivity contribution in [2.45, 2.75) is 0 Å². The van der Waals surface area contributed by atoms with Crippen molar-refractivity contribution in [3.63, 3.8) is 0 Å². The lowest BCUT2D eigenvalue weighted by Crippen LogP contribution is -1.95. The molecule has 0 saturated heterocycles. The minimum Gasteiger partial charge on any atom is -0.309 e. The fraction of sp³-hybridized carbons (Fsp3) is 0. The third-order valence-corrected chi connectivity index (χ3v) is 9.56. The van der Waals surface area contributed by atoms with E-state index in [1.807, 2.05) is 30.6 Å². The van der Waals surface area contributed by atoms with Crippen LogP contribution < -0.4 is 0 Å². The number of aromatic nitrogens is 5. The zero-order chi connectivity index (χ0) is 32.3. The molecular weight excluding hydrogens is 599 g/mol. The zero-order valence-electron chi connectivity index (χ0n) is 26.3. The Morgan fingerprint density at radius 3 is 1.80 bits per heavy atom. The first-order valence-electron chi connectivity index (χ1n) is 16.4. The molecule has 0 N–H and O–H groups in total. The van der Waals surface area contributed by atoms with Gasteiger partial charge in [-0.15, -0.1) is 0 Å². The Morgan fingerprint density at radius 2 is 0.980 bits per heavy atom. The first kappa shape index (κ1) is 27.4. The van der Waals surface area contributed by atoms with Crippen LogP contribution in [0.4, 0.5) is 0 Å². The summed E-state index contributed by atoms with van der Waals surface area (Å²) >= 11 is 0. The van der Waals surface area contributed by atoms with Crippen LogP contribution in [0.25, 0.3) is 93.7 Å². The molecule has 0 aliphatic rings. The number of rotatable bonds is 4. The molecule has 0 bridgehead atoms. The summed E-state index contributed by atoms with van der Waals surface area (Å²) in [5, 5.41) is 7.01. The molecule has 0 radical (unpaired) electrons. The van der Waals surface area contributed by atoms with Gasteiger partial charge in [0.25, 0.3) is 0 Å². The van der Waals surface area contributed by atoms with E-state index in [1.54, 1.807) is 12.4 Å². The van der Waals surface area contributed by atoms with Gasteiger partial charge in [0.2, 0.25) is 0 Å². The second-order valence-corrected chi connectivity index (χ2v) is 12.4. The highest BCUT2D eigenvalue weighted by Crippen LogP contribution is 2.40. The molecule has 10 aromatic rings. The van der Waals surface area contributed by atoms with Crippen LogP contribution in [0.5, 0.6) is 0 Å².